The number of carboxylic acids is 1. The number of thioether (sulfide) groups is 1. The van der Waals surface area contributed by atoms with Crippen molar-refractivity contribution in [2.45, 2.75) is 30.3 Å². The molecule has 35 heavy (non-hydrogen) atoms. The van der Waals surface area contributed by atoms with E-state index in [1.54, 1.807) is 25.1 Å². The van der Waals surface area contributed by atoms with Gasteiger partial charge in [-0.3, -0.25) is 9.78 Å². The Morgan fingerprint density at radius 2 is 2.11 bits per heavy atom. The maximum atomic E-state index is 12.1. The maximum absolute atomic E-state index is 12.1. The number of benzene rings is 2. The number of aliphatic carboxylic acids is 1. The molecule has 1 aliphatic heterocycles. The highest BCUT2D eigenvalue weighted by molar-refractivity contribution is 7.99. The number of nitrogens with zero attached hydrogens (tertiary/aromatic N) is 2. The molecule has 4 rings (SSSR count). The minimum absolute atomic E-state index is 0.0391. The van der Waals surface area contributed by atoms with E-state index in [2.05, 4.69) is 9.88 Å². The zero-order valence-corrected chi connectivity index (χ0v) is 21.3. The molecule has 8 heteroatoms. The number of piperidine rings is 1. The molecule has 0 amide bonds. The van der Waals surface area contributed by atoms with Crippen LogP contribution >= 0.6 is 23.4 Å². The topological polar surface area (TPSA) is 82.9 Å². The third-order valence-corrected chi connectivity index (χ3v) is 8.31. The maximum Gasteiger partial charge on any atom is 0.308 e. The minimum Gasteiger partial charge on any atom is -0.497 e. The highest BCUT2D eigenvalue weighted by Gasteiger charge is 2.34. The summed E-state index contributed by atoms with van der Waals surface area (Å²) in [5.74, 6) is 0.419. The van der Waals surface area contributed by atoms with Gasteiger partial charge in [0, 0.05) is 35.3 Å². The molecular weight excluding hydrogens is 484 g/mol. The first-order valence-electron chi connectivity index (χ1n) is 11.9. The fourth-order valence-electron chi connectivity index (χ4n) is 4.83. The summed E-state index contributed by atoms with van der Waals surface area (Å²) in [6, 6.07) is 15.2. The average molecular weight is 515 g/mol. The quantitative estimate of drug-likeness (QED) is 0.344. The van der Waals surface area contributed by atoms with Crippen molar-refractivity contribution in [1.82, 2.24) is 9.88 Å². The zero-order valence-electron chi connectivity index (χ0n) is 19.8. The number of rotatable bonds is 10. The molecule has 0 aliphatic carbocycles. The lowest BCUT2D eigenvalue weighted by atomic mass is 9.81. The van der Waals surface area contributed by atoms with Gasteiger partial charge in [-0.15, -0.1) is 11.8 Å². The van der Waals surface area contributed by atoms with Crippen molar-refractivity contribution in [3.05, 3.63) is 65.3 Å². The Morgan fingerprint density at radius 1 is 1.29 bits per heavy atom. The molecular formula is C27H31ClN2O4S. The lowest BCUT2D eigenvalue weighted by molar-refractivity contribution is -0.146. The molecule has 3 atom stereocenters. The summed E-state index contributed by atoms with van der Waals surface area (Å²) in [4.78, 5) is 19.7. The van der Waals surface area contributed by atoms with Crippen LogP contribution in [0.25, 0.3) is 10.9 Å². The van der Waals surface area contributed by atoms with Crippen molar-refractivity contribution >= 4 is 40.2 Å². The molecule has 0 unspecified atom stereocenters. The summed E-state index contributed by atoms with van der Waals surface area (Å²) >= 11 is 7.94. The first-order valence-corrected chi connectivity index (χ1v) is 13.3. The molecule has 2 aromatic carbocycles. The average Bonchev–Trinajstić information content (AvgIpc) is 2.88. The second-order valence-electron chi connectivity index (χ2n) is 8.95. The number of ether oxygens (including phenoxy) is 1. The van der Waals surface area contributed by atoms with E-state index in [0.717, 1.165) is 51.6 Å². The number of fused-ring (bicyclic) bond motifs is 1. The smallest absolute Gasteiger partial charge is 0.308 e. The lowest BCUT2D eigenvalue weighted by Gasteiger charge is -2.37. The second kappa shape index (κ2) is 12.1. The van der Waals surface area contributed by atoms with Gasteiger partial charge in [0.1, 0.15) is 5.75 Å². The Balaban J connectivity index is 1.34. The Hall–Kier alpha value is -2.32. The van der Waals surface area contributed by atoms with Gasteiger partial charge in [0.2, 0.25) is 0 Å². The summed E-state index contributed by atoms with van der Waals surface area (Å²) in [6.45, 7) is 2.22. The standard InChI is InChI=1S/C27H31ClN2O4S/c1-34-19-7-8-24-21(16-19)20(10-12-29-24)25(31)9-6-18-11-13-30(17-22(18)27(32)33)14-15-35-26-5-3-2-4-23(26)28/h2-5,7-8,10,12,16,18,22,25,31H,6,9,11,13-15,17H2,1H3,(H,32,33)/t18-,22+,25-/m1/s1. The molecule has 6 nitrogen and oxygen atoms in total. The lowest BCUT2D eigenvalue weighted by Crippen LogP contribution is -2.44. The fourth-order valence-corrected chi connectivity index (χ4v) is 6.08. The van der Waals surface area contributed by atoms with Gasteiger partial charge in [-0.25, -0.2) is 0 Å². The van der Waals surface area contributed by atoms with E-state index in [-0.39, 0.29) is 5.92 Å². The number of carboxylic acid groups (broad SMARTS) is 1. The van der Waals surface area contributed by atoms with Crippen LogP contribution in [0.1, 0.15) is 30.9 Å². The molecule has 1 aromatic heterocycles. The summed E-state index contributed by atoms with van der Waals surface area (Å²) in [5, 5.41) is 22.5. The number of aliphatic hydroxyl groups excluding tert-OH is 1. The van der Waals surface area contributed by atoms with Crippen LogP contribution in [0.15, 0.2) is 59.6 Å². The summed E-state index contributed by atoms with van der Waals surface area (Å²) < 4.78 is 5.33. The number of pyridine rings is 1. The molecule has 1 aliphatic rings. The van der Waals surface area contributed by atoms with Crippen LogP contribution in [0.2, 0.25) is 5.02 Å². The Labute approximate surface area is 215 Å². The van der Waals surface area contributed by atoms with E-state index in [1.165, 1.54) is 0 Å². The molecule has 0 bridgehead atoms. The van der Waals surface area contributed by atoms with Crippen molar-refractivity contribution < 1.29 is 19.7 Å². The van der Waals surface area contributed by atoms with E-state index in [1.807, 2.05) is 48.5 Å². The van der Waals surface area contributed by atoms with Crippen LogP contribution in [0.3, 0.4) is 0 Å². The monoisotopic (exact) mass is 514 g/mol. The van der Waals surface area contributed by atoms with Crippen molar-refractivity contribution in [1.29, 1.82) is 0 Å². The van der Waals surface area contributed by atoms with Crippen LogP contribution in [0, 0.1) is 11.8 Å². The number of aromatic nitrogens is 1. The van der Waals surface area contributed by atoms with Gasteiger partial charge in [-0.2, -0.15) is 0 Å². The third-order valence-electron chi connectivity index (χ3n) is 6.81. The van der Waals surface area contributed by atoms with Crippen LogP contribution in [0.4, 0.5) is 0 Å². The summed E-state index contributed by atoms with van der Waals surface area (Å²) in [7, 11) is 1.61. The third kappa shape index (κ3) is 6.47. The molecule has 2 heterocycles. The second-order valence-corrected chi connectivity index (χ2v) is 10.5. The van der Waals surface area contributed by atoms with Gasteiger partial charge >= 0.3 is 5.97 Å². The van der Waals surface area contributed by atoms with Crippen LogP contribution in [-0.2, 0) is 4.79 Å². The highest BCUT2D eigenvalue weighted by Crippen LogP contribution is 2.34. The molecule has 186 valence electrons. The van der Waals surface area contributed by atoms with Gasteiger partial charge in [-0.1, -0.05) is 23.7 Å². The zero-order chi connectivity index (χ0) is 24.8. The van der Waals surface area contributed by atoms with Crippen molar-refractivity contribution in [3.63, 3.8) is 0 Å². The van der Waals surface area contributed by atoms with Gasteiger partial charge < -0.3 is 19.8 Å². The number of carbonyl (C=O) groups is 1. The number of halogens is 1. The normalized spacial score (nSPS) is 19.5. The Morgan fingerprint density at radius 3 is 2.89 bits per heavy atom. The van der Waals surface area contributed by atoms with Crippen LogP contribution in [0.5, 0.6) is 5.75 Å². The predicted molar refractivity (Wildman–Crippen MR) is 140 cm³/mol. The molecule has 0 spiro atoms. The van der Waals surface area contributed by atoms with E-state index >= 15 is 0 Å². The largest absolute Gasteiger partial charge is 0.497 e. The first-order chi connectivity index (χ1) is 17.0. The van der Waals surface area contributed by atoms with Crippen molar-refractivity contribution in [2.75, 3.05) is 32.5 Å². The first kappa shape index (κ1) is 25.8. The molecule has 1 saturated heterocycles. The van der Waals surface area contributed by atoms with Crippen molar-refractivity contribution in [3.8, 4) is 5.75 Å². The predicted octanol–water partition coefficient (Wildman–Crippen LogP) is 5.53. The van der Waals surface area contributed by atoms with Crippen LogP contribution < -0.4 is 4.74 Å². The van der Waals surface area contributed by atoms with E-state index in [4.69, 9.17) is 16.3 Å². The highest BCUT2D eigenvalue weighted by atomic mass is 35.5. The molecule has 1 fully saturated rings. The van der Waals surface area contributed by atoms with Gasteiger partial charge in [-0.05, 0) is 73.7 Å². The number of hydrogen-bond donors (Lipinski definition) is 2. The molecule has 0 radical (unpaired) electrons. The van der Waals surface area contributed by atoms with E-state index < -0.39 is 18.0 Å². The van der Waals surface area contributed by atoms with E-state index in [9.17, 15) is 15.0 Å². The fraction of sp³-hybridized carbons (Fsp3) is 0.407. The molecule has 3 aromatic rings. The van der Waals surface area contributed by atoms with Crippen molar-refractivity contribution in [2.24, 2.45) is 11.8 Å². The number of methoxy groups -OCH3 is 1. The van der Waals surface area contributed by atoms with Crippen LogP contribution in [-0.4, -0.2) is 58.6 Å². The van der Waals surface area contributed by atoms with E-state index in [0.29, 0.717) is 25.1 Å². The molecule has 0 saturated carbocycles. The Bertz CT molecular complexity index is 1160. The summed E-state index contributed by atoms with van der Waals surface area (Å²) in [5.41, 5.74) is 1.60. The van der Waals surface area contributed by atoms with Gasteiger partial charge in [0.25, 0.3) is 0 Å². The number of likely N-dealkylation sites (tertiary alicyclic amines) is 1. The number of aliphatic hydroxyl groups is 1. The summed E-state index contributed by atoms with van der Waals surface area (Å²) in [6.07, 6.45) is 2.99. The van der Waals surface area contributed by atoms with Gasteiger partial charge in [0.15, 0.2) is 0 Å². The van der Waals surface area contributed by atoms with Gasteiger partial charge in [0.05, 0.1) is 29.7 Å². The Kier molecular flexibility index (Phi) is 8.89. The molecule has 2 N–H and O–H groups in total. The number of hydrogen-bond acceptors (Lipinski definition) is 6. The minimum atomic E-state index is -0.757. The SMILES string of the molecule is COc1ccc2nccc([C@H](O)CC[C@@H]3CCN(CCSc4ccccc4Cl)C[C@@H]3C(=O)O)c2c1.